The number of aromatic nitrogens is 1. The maximum Gasteiger partial charge on any atom is 0.292 e. The van der Waals surface area contributed by atoms with Gasteiger partial charge in [0.2, 0.25) is 0 Å². The van der Waals surface area contributed by atoms with Crippen molar-refractivity contribution in [2.45, 2.75) is 0 Å². The van der Waals surface area contributed by atoms with E-state index in [2.05, 4.69) is 25.1 Å². The number of nitrogens with one attached hydrogen (secondary N) is 1. The fourth-order valence-corrected chi connectivity index (χ4v) is 3.44. The summed E-state index contributed by atoms with van der Waals surface area (Å²) in [5.74, 6) is 0.508. The number of thiazole rings is 1. The molecule has 1 aromatic heterocycles. The number of nitro groups is 1. The van der Waals surface area contributed by atoms with E-state index in [0.717, 1.165) is 31.3 Å². The molecule has 1 aliphatic rings. The maximum atomic E-state index is 11.0. The summed E-state index contributed by atoms with van der Waals surface area (Å²) in [5, 5.41) is 17.0. The van der Waals surface area contributed by atoms with Crippen LogP contribution in [0.4, 0.5) is 16.5 Å². The predicted molar refractivity (Wildman–Crippen MR) is 104 cm³/mol. The third-order valence-corrected chi connectivity index (χ3v) is 4.93. The largest absolute Gasteiger partial charge is 0.378 e. The van der Waals surface area contributed by atoms with Gasteiger partial charge in [0.05, 0.1) is 11.5 Å². The molecule has 1 saturated heterocycles. The lowest BCUT2D eigenvalue weighted by atomic mass is 10.2. The second-order valence-corrected chi connectivity index (χ2v) is 6.60. The third kappa shape index (κ3) is 4.39. The molecule has 1 fully saturated rings. The van der Waals surface area contributed by atoms with Gasteiger partial charge >= 0.3 is 0 Å². The van der Waals surface area contributed by atoms with Crippen LogP contribution in [0.2, 0.25) is 0 Å². The van der Waals surface area contributed by atoms with E-state index in [1.165, 1.54) is 6.07 Å². The molecule has 0 spiro atoms. The minimum atomic E-state index is -0.401. The van der Waals surface area contributed by atoms with Crippen LogP contribution in [0.25, 0.3) is 0 Å². The summed E-state index contributed by atoms with van der Waals surface area (Å²) >= 11 is 1.64. The molecule has 0 bridgehead atoms. The van der Waals surface area contributed by atoms with Gasteiger partial charge in [-0.05, 0) is 6.07 Å². The predicted octanol–water partition coefficient (Wildman–Crippen LogP) is 1.60. The van der Waals surface area contributed by atoms with Crippen LogP contribution in [0.1, 0.15) is 0 Å². The van der Waals surface area contributed by atoms with Gasteiger partial charge in [-0.3, -0.25) is 15.1 Å². The summed E-state index contributed by atoms with van der Waals surface area (Å²) in [4.78, 5) is 23.6. The van der Waals surface area contributed by atoms with Crippen LogP contribution < -0.4 is 16.0 Å². The van der Waals surface area contributed by atoms with Crippen LogP contribution in [0, 0.1) is 10.1 Å². The first-order valence-electron chi connectivity index (χ1n) is 8.32. The number of nitrogens with two attached hydrogens (primary N) is 1. The molecule has 0 atom stereocenters. The van der Waals surface area contributed by atoms with Crippen molar-refractivity contribution in [1.82, 2.24) is 9.88 Å². The zero-order chi connectivity index (χ0) is 18.4. The monoisotopic (exact) mass is 375 g/mol. The Kier molecular flexibility index (Phi) is 5.84. The van der Waals surface area contributed by atoms with Crippen molar-refractivity contribution < 1.29 is 4.92 Å². The highest BCUT2D eigenvalue weighted by Crippen LogP contribution is 2.22. The molecule has 2 heterocycles. The van der Waals surface area contributed by atoms with Gasteiger partial charge < -0.3 is 20.9 Å². The Hall–Kier alpha value is -2.88. The van der Waals surface area contributed by atoms with Crippen LogP contribution in [0.3, 0.4) is 0 Å². The Labute approximate surface area is 155 Å². The van der Waals surface area contributed by atoms with Crippen LogP contribution in [-0.2, 0) is 0 Å². The quantitative estimate of drug-likeness (QED) is 0.259. The summed E-state index contributed by atoms with van der Waals surface area (Å²) in [6, 6.07) is 6.56. The number of hydrogen-bond acceptors (Lipinski definition) is 7. The Morgan fingerprint density at radius 2 is 2.12 bits per heavy atom. The number of rotatable bonds is 6. The molecule has 1 aliphatic heterocycles. The summed E-state index contributed by atoms with van der Waals surface area (Å²) in [6.07, 6.45) is 1.81. The number of anilines is 2. The van der Waals surface area contributed by atoms with E-state index in [1.807, 2.05) is 11.6 Å². The highest BCUT2D eigenvalue weighted by molar-refractivity contribution is 7.13. The van der Waals surface area contributed by atoms with E-state index in [-0.39, 0.29) is 5.69 Å². The average molecular weight is 375 g/mol. The molecule has 138 valence electrons. The van der Waals surface area contributed by atoms with E-state index < -0.39 is 4.92 Å². The second kappa shape index (κ2) is 8.48. The van der Waals surface area contributed by atoms with Gasteiger partial charge in [0.1, 0.15) is 5.69 Å². The lowest BCUT2D eigenvalue weighted by Crippen LogP contribution is -2.51. The van der Waals surface area contributed by atoms with Crippen molar-refractivity contribution >= 4 is 33.8 Å². The van der Waals surface area contributed by atoms with Crippen LogP contribution in [-0.4, -0.2) is 60.0 Å². The van der Waals surface area contributed by atoms with E-state index in [9.17, 15) is 10.1 Å². The molecule has 3 N–H and O–H groups in total. The molecule has 10 heteroatoms. The molecule has 26 heavy (non-hydrogen) atoms. The Morgan fingerprint density at radius 3 is 2.81 bits per heavy atom. The number of nitro benzene ring substituents is 1. The number of nitrogens with zero attached hydrogens (tertiary/aromatic N) is 5. The highest BCUT2D eigenvalue weighted by Gasteiger charge is 2.19. The van der Waals surface area contributed by atoms with Crippen LogP contribution in [0.5, 0.6) is 0 Å². The molecule has 1 aromatic carbocycles. The summed E-state index contributed by atoms with van der Waals surface area (Å²) in [5.41, 5.74) is 6.63. The smallest absolute Gasteiger partial charge is 0.292 e. The van der Waals surface area contributed by atoms with Crippen molar-refractivity contribution in [2.75, 3.05) is 49.5 Å². The average Bonchev–Trinajstić information content (AvgIpc) is 3.20. The van der Waals surface area contributed by atoms with Crippen LogP contribution >= 0.6 is 11.3 Å². The molecule has 9 nitrogen and oxygen atoms in total. The zero-order valence-electron chi connectivity index (χ0n) is 14.2. The van der Waals surface area contributed by atoms with E-state index >= 15 is 0 Å². The summed E-state index contributed by atoms with van der Waals surface area (Å²) < 4.78 is 0. The number of benzene rings is 1. The lowest BCUT2D eigenvalue weighted by Gasteiger charge is -2.35. The topological polar surface area (TPSA) is 113 Å². The van der Waals surface area contributed by atoms with Crippen molar-refractivity contribution in [2.24, 2.45) is 10.7 Å². The van der Waals surface area contributed by atoms with Gasteiger partial charge in [0, 0.05) is 50.4 Å². The van der Waals surface area contributed by atoms with Gasteiger partial charge in [-0.25, -0.2) is 4.98 Å². The zero-order valence-corrected chi connectivity index (χ0v) is 15.1. The molecule has 2 aromatic rings. The maximum absolute atomic E-state index is 11.0. The molecular weight excluding hydrogens is 354 g/mol. The third-order valence-electron chi connectivity index (χ3n) is 4.10. The SMILES string of the molecule is NC(=NCCNc1ccccc1[N+](=O)[O-])N1CCN(c2nccs2)CC1. The lowest BCUT2D eigenvalue weighted by molar-refractivity contribution is -0.384. The van der Waals surface area contributed by atoms with Crippen molar-refractivity contribution in [3.8, 4) is 0 Å². The van der Waals surface area contributed by atoms with Gasteiger partial charge in [-0.2, -0.15) is 0 Å². The van der Waals surface area contributed by atoms with Crippen molar-refractivity contribution in [3.05, 3.63) is 46.0 Å². The van der Waals surface area contributed by atoms with Gasteiger partial charge in [-0.15, -0.1) is 11.3 Å². The first-order valence-corrected chi connectivity index (χ1v) is 9.19. The van der Waals surface area contributed by atoms with Gasteiger partial charge in [-0.1, -0.05) is 12.1 Å². The fourth-order valence-electron chi connectivity index (χ4n) is 2.74. The summed E-state index contributed by atoms with van der Waals surface area (Å²) in [7, 11) is 0. The van der Waals surface area contributed by atoms with E-state index in [0.29, 0.717) is 24.7 Å². The molecule has 0 unspecified atom stereocenters. The Balaban J connectivity index is 1.45. The normalized spacial score (nSPS) is 15.2. The Morgan fingerprint density at radius 1 is 1.35 bits per heavy atom. The molecule has 0 saturated carbocycles. The number of guanidine groups is 1. The minimum absolute atomic E-state index is 0.0581. The first kappa shape index (κ1) is 17.9. The van der Waals surface area contributed by atoms with Crippen molar-refractivity contribution in [3.63, 3.8) is 0 Å². The van der Waals surface area contributed by atoms with Gasteiger partial charge in [0.25, 0.3) is 5.69 Å². The number of para-hydroxylation sites is 2. The fraction of sp³-hybridized carbons (Fsp3) is 0.375. The highest BCUT2D eigenvalue weighted by atomic mass is 32.1. The first-order chi connectivity index (χ1) is 12.6. The van der Waals surface area contributed by atoms with Crippen molar-refractivity contribution in [1.29, 1.82) is 0 Å². The Bertz CT molecular complexity index is 758. The molecule has 0 radical (unpaired) electrons. The van der Waals surface area contributed by atoms with Crippen LogP contribution in [0.15, 0.2) is 40.8 Å². The van der Waals surface area contributed by atoms with E-state index in [1.54, 1.807) is 29.5 Å². The standard InChI is InChI=1S/C16H21N7O2S/c17-15(21-8-10-22(11-9-21)16-20-7-12-26-16)19-6-5-18-13-3-1-2-4-14(13)23(24)25/h1-4,7,12,18H,5-6,8-11H2,(H2,17,19). The minimum Gasteiger partial charge on any atom is -0.378 e. The summed E-state index contributed by atoms with van der Waals surface area (Å²) in [6.45, 7) is 4.24. The molecule has 0 amide bonds. The molecule has 0 aliphatic carbocycles. The number of aliphatic imine (C=N–C) groups is 1. The number of hydrogen-bond donors (Lipinski definition) is 2. The molecule has 3 rings (SSSR count). The number of piperazine rings is 1. The second-order valence-electron chi connectivity index (χ2n) is 5.73. The van der Waals surface area contributed by atoms with Gasteiger partial charge in [0.15, 0.2) is 11.1 Å². The van der Waals surface area contributed by atoms with E-state index in [4.69, 9.17) is 5.73 Å². The molecular formula is C16H21N7O2S.